The first-order valence-corrected chi connectivity index (χ1v) is 14.0. The molecule has 2 heterocycles. The molecule has 0 saturated carbocycles. The SMILES string of the molecule is O=C(NCCc1cnc[nH]1)Nc1cccc(CN2CCCN(Cc3ccc(OCc4ccccc4)cc3)CC2)c1. The van der Waals surface area contributed by atoms with Crippen molar-refractivity contribution in [3.8, 4) is 5.75 Å². The standard InChI is InChI=1S/C32H38N6O2/c39-32(34-15-14-30-21-33-25-35-30)36-29-9-4-8-28(20-29)23-38-17-5-16-37(18-19-38)22-26-10-12-31(13-11-26)40-24-27-6-2-1-3-7-27/h1-4,6-13,20-21,25H,5,14-19,22-24H2,(H,33,35)(H2,34,36,39). The van der Waals surface area contributed by atoms with Gasteiger partial charge in [0.05, 0.1) is 6.33 Å². The minimum atomic E-state index is -0.196. The fourth-order valence-corrected chi connectivity index (χ4v) is 4.94. The molecule has 3 N–H and O–H groups in total. The van der Waals surface area contributed by atoms with E-state index < -0.39 is 0 Å². The van der Waals surface area contributed by atoms with Crippen LogP contribution in [0.4, 0.5) is 10.5 Å². The number of amides is 2. The number of rotatable bonds is 11. The Morgan fingerprint density at radius 2 is 1.60 bits per heavy atom. The highest BCUT2D eigenvalue weighted by atomic mass is 16.5. The Bertz CT molecular complexity index is 1310. The number of nitrogens with one attached hydrogen (secondary N) is 3. The molecule has 1 saturated heterocycles. The second kappa shape index (κ2) is 14.3. The van der Waals surface area contributed by atoms with Crippen LogP contribution in [0, 0.1) is 0 Å². The summed E-state index contributed by atoms with van der Waals surface area (Å²) >= 11 is 0. The summed E-state index contributed by atoms with van der Waals surface area (Å²) in [5.41, 5.74) is 5.49. The van der Waals surface area contributed by atoms with Crippen molar-refractivity contribution < 1.29 is 9.53 Å². The largest absolute Gasteiger partial charge is 0.489 e. The molecule has 8 heteroatoms. The van der Waals surface area contributed by atoms with Crippen molar-refractivity contribution in [2.75, 3.05) is 38.0 Å². The Morgan fingerprint density at radius 1 is 0.850 bits per heavy atom. The summed E-state index contributed by atoms with van der Waals surface area (Å²) in [6.45, 7) is 7.15. The molecule has 0 bridgehead atoms. The van der Waals surface area contributed by atoms with Gasteiger partial charge in [-0.25, -0.2) is 9.78 Å². The van der Waals surface area contributed by atoms with Crippen LogP contribution in [0.5, 0.6) is 5.75 Å². The van der Waals surface area contributed by atoms with Crippen molar-refractivity contribution in [1.29, 1.82) is 0 Å². The molecule has 2 amide bonds. The molecule has 0 aliphatic carbocycles. The lowest BCUT2D eigenvalue weighted by atomic mass is 10.2. The number of aromatic amines is 1. The van der Waals surface area contributed by atoms with E-state index in [-0.39, 0.29) is 6.03 Å². The Kier molecular flexibility index (Phi) is 9.81. The first-order chi connectivity index (χ1) is 19.7. The molecule has 0 atom stereocenters. The molecule has 0 radical (unpaired) electrons. The Morgan fingerprint density at radius 3 is 2.35 bits per heavy atom. The molecule has 1 aliphatic rings. The maximum atomic E-state index is 12.3. The van der Waals surface area contributed by atoms with Gasteiger partial charge in [-0.2, -0.15) is 0 Å². The van der Waals surface area contributed by atoms with Crippen LogP contribution in [0.25, 0.3) is 0 Å². The number of anilines is 1. The Labute approximate surface area is 236 Å². The van der Waals surface area contributed by atoms with Crippen molar-refractivity contribution in [2.24, 2.45) is 0 Å². The van der Waals surface area contributed by atoms with Gasteiger partial charge in [-0.1, -0.05) is 54.6 Å². The van der Waals surface area contributed by atoms with Crippen LogP contribution in [-0.2, 0) is 26.1 Å². The third-order valence-corrected chi connectivity index (χ3v) is 7.08. The van der Waals surface area contributed by atoms with E-state index in [0.29, 0.717) is 19.6 Å². The Balaban J connectivity index is 1.04. The van der Waals surface area contributed by atoms with Crippen LogP contribution in [0.2, 0.25) is 0 Å². The number of imidazole rings is 1. The molecule has 3 aromatic carbocycles. The van der Waals surface area contributed by atoms with Crippen LogP contribution in [0.3, 0.4) is 0 Å². The molecule has 8 nitrogen and oxygen atoms in total. The maximum absolute atomic E-state index is 12.3. The minimum Gasteiger partial charge on any atom is -0.489 e. The van der Waals surface area contributed by atoms with E-state index in [1.807, 2.05) is 30.3 Å². The molecule has 0 spiro atoms. The number of nitrogens with zero attached hydrogens (tertiary/aromatic N) is 3. The van der Waals surface area contributed by atoms with E-state index >= 15 is 0 Å². The van der Waals surface area contributed by atoms with Gasteiger partial charge in [-0.15, -0.1) is 0 Å². The predicted octanol–water partition coefficient (Wildman–Crippen LogP) is 5.06. The number of hydrogen-bond acceptors (Lipinski definition) is 5. The quantitative estimate of drug-likeness (QED) is 0.249. The van der Waals surface area contributed by atoms with Crippen LogP contribution < -0.4 is 15.4 Å². The summed E-state index contributed by atoms with van der Waals surface area (Å²) < 4.78 is 5.94. The highest BCUT2D eigenvalue weighted by Gasteiger charge is 2.16. The molecule has 40 heavy (non-hydrogen) atoms. The topological polar surface area (TPSA) is 85.5 Å². The van der Waals surface area contributed by atoms with Gasteiger partial charge in [-0.3, -0.25) is 9.80 Å². The van der Waals surface area contributed by atoms with Crippen LogP contribution in [-0.4, -0.2) is 58.5 Å². The fraction of sp³-hybridized carbons (Fsp3) is 0.312. The number of ether oxygens (including phenoxy) is 1. The van der Waals surface area contributed by atoms with Gasteiger partial charge in [0.1, 0.15) is 12.4 Å². The van der Waals surface area contributed by atoms with Crippen LogP contribution >= 0.6 is 0 Å². The van der Waals surface area contributed by atoms with Crippen molar-refractivity contribution in [2.45, 2.75) is 32.5 Å². The summed E-state index contributed by atoms with van der Waals surface area (Å²) in [5.74, 6) is 0.901. The van der Waals surface area contributed by atoms with Crippen LogP contribution in [0.1, 0.15) is 28.8 Å². The second-order valence-corrected chi connectivity index (χ2v) is 10.2. The molecule has 1 aliphatic heterocycles. The highest BCUT2D eigenvalue weighted by molar-refractivity contribution is 5.89. The van der Waals surface area contributed by atoms with Gasteiger partial charge < -0.3 is 20.4 Å². The first kappa shape index (κ1) is 27.4. The van der Waals surface area contributed by atoms with Crippen molar-refractivity contribution in [1.82, 2.24) is 25.1 Å². The molecule has 1 fully saturated rings. The number of carbonyl (C=O) groups is 1. The zero-order valence-corrected chi connectivity index (χ0v) is 22.9. The smallest absolute Gasteiger partial charge is 0.319 e. The summed E-state index contributed by atoms with van der Waals surface area (Å²) in [4.78, 5) is 24.4. The number of H-pyrrole nitrogens is 1. The van der Waals surface area contributed by atoms with E-state index in [2.05, 4.69) is 78.9 Å². The number of hydrogen-bond donors (Lipinski definition) is 3. The zero-order chi connectivity index (χ0) is 27.4. The van der Waals surface area contributed by atoms with E-state index in [9.17, 15) is 4.79 Å². The highest BCUT2D eigenvalue weighted by Crippen LogP contribution is 2.18. The van der Waals surface area contributed by atoms with Gasteiger partial charge in [0.25, 0.3) is 0 Å². The van der Waals surface area contributed by atoms with E-state index in [0.717, 1.165) is 62.8 Å². The number of carbonyl (C=O) groups excluding carboxylic acids is 1. The third kappa shape index (κ3) is 8.69. The first-order valence-electron chi connectivity index (χ1n) is 14.0. The Hall–Kier alpha value is -4.14. The average molecular weight is 539 g/mol. The van der Waals surface area contributed by atoms with Gasteiger partial charge >= 0.3 is 6.03 Å². The molecule has 0 unspecified atom stereocenters. The summed E-state index contributed by atoms with van der Waals surface area (Å²) in [7, 11) is 0. The lowest BCUT2D eigenvalue weighted by Crippen LogP contribution is -2.31. The zero-order valence-electron chi connectivity index (χ0n) is 22.9. The van der Waals surface area contributed by atoms with Crippen molar-refractivity contribution in [3.05, 3.63) is 114 Å². The van der Waals surface area contributed by atoms with E-state index in [4.69, 9.17) is 4.74 Å². The number of urea groups is 1. The summed E-state index contributed by atoms with van der Waals surface area (Å²) in [6.07, 6.45) is 5.26. The van der Waals surface area contributed by atoms with E-state index in [1.54, 1.807) is 12.5 Å². The lowest BCUT2D eigenvalue weighted by Gasteiger charge is -2.22. The molecule has 4 aromatic rings. The monoisotopic (exact) mass is 538 g/mol. The molecular formula is C32H38N6O2. The van der Waals surface area contributed by atoms with Gasteiger partial charge in [-0.05, 0) is 60.5 Å². The molecular weight excluding hydrogens is 500 g/mol. The summed E-state index contributed by atoms with van der Waals surface area (Å²) in [5, 5.41) is 5.85. The van der Waals surface area contributed by atoms with Crippen LogP contribution in [0.15, 0.2) is 91.4 Å². The van der Waals surface area contributed by atoms with Gasteiger partial charge in [0, 0.05) is 56.7 Å². The molecule has 208 valence electrons. The van der Waals surface area contributed by atoms with Crippen molar-refractivity contribution >= 4 is 11.7 Å². The molecule has 1 aromatic heterocycles. The third-order valence-electron chi connectivity index (χ3n) is 7.08. The number of benzene rings is 3. The maximum Gasteiger partial charge on any atom is 0.319 e. The lowest BCUT2D eigenvalue weighted by molar-refractivity contribution is 0.247. The normalized spacial score (nSPS) is 14.4. The van der Waals surface area contributed by atoms with Crippen molar-refractivity contribution in [3.63, 3.8) is 0 Å². The second-order valence-electron chi connectivity index (χ2n) is 10.2. The molecule has 5 rings (SSSR count). The van der Waals surface area contributed by atoms with Gasteiger partial charge in [0.15, 0.2) is 0 Å². The minimum absolute atomic E-state index is 0.196. The predicted molar refractivity (Wildman–Crippen MR) is 158 cm³/mol. The number of aromatic nitrogens is 2. The van der Waals surface area contributed by atoms with Gasteiger partial charge in [0.2, 0.25) is 0 Å². The average Bonchev–Trinajstić information content (AvgIpc) is 3.40. The fourth-order valence-electron chi connectivity index (χ4n) is 4.94. The summed E-state index contributed by atoms with van der Waals surface area (Å²) in [6, 6.07) is 26.7. The van der Waals surface area contributed by atoms with E-state index in [1.165, 1.54) is 16.7 Å².